The molecule has 0 bridgehead atoms. The first-order chi connectivity index (χ1) is 6.18. The van der Waals surface area contributed by atoms with Gasteiger partial charge in [-0.25, -0.2) is 4.79 Å². The average Bonchev–Trinajstić information content (AvgIpc) is 2.49. The molecule has 5 heteroatoms. The number of thioether (sulfide) groups is 1. The van der Waals surface area contributed by atoms with Crippen LogP contribution in [-0.4, -0.2) is 35.4 Å². The zero-order valence-corrected chi connectivity index (χ0v) is 8.02. The minimum absolute atomic E-state index is 0.270. The monoisotopic (exact) mass is 198 g/mol. The molecule has 0 spiro atoms. The van der Waals surface area contributed by atoms with Crippen LogP contribution in [0.2, 0.25) is 0 Å². The molecule has 0 radical (unpaired) electrons. The number of hydrogen-bond donors (Lipinski definition) is 2. The maximum atomic E-state index is 10.7. The highest BCUT2D eigenvalue weighted by molar-refractivity contribution is 7.99. The van der Waals surface area contributed by atoms with E-state index in [9.17, 15) is 4.79 Å². The third-order valence-electron chi connectivity index (χ3n) is 2.06. The molecule has 1 aliphatic rings. The minimum Gasteiger partial charge on any atom is -0.477 e. The lowest BCUT2D eigenvalue weighted by Crippen LogP contribution is -2.24. The molecule has 4 nitrogen and oxygen atoms in total. The van der Waals surface area contributed by atoms with Crippen LogP contribution < -0.4 is 4.90 Å². The highest BCUT2D eigenvalue weighted by Crippen LogP contribution is 2.33. The minimum atomic E-state index is -0.900. The smallest absolute Gasteiger partial charge is 0.352 e. The molecular formula is C8H10N2O2S. The quantitative estimate of drug-likeness (QED) is 0.713. The molecule has 0 saturated heterocycles. The van der Waals surface area contributed by atoms with Gasteiger partial charge in [0, 0.05) is 19.3 Å². The number of aromatic amines is 1. The van der Waals surface area contributed by atoms with E-state index in [1.165, 1.54) is 0 Å². The van der Waals surface area contributed by atoms with Crippen LogP contribution in [0, 0.1) is 0 Å². The number of carbonyl (C=O) groups is 1. The maximum Gasteiger partial charge on any atom is 0.352 e. The van der Waals surface area contributed by atoms with Crippen molar-refractivity contribution < 1.29 is 9.90 Å². The van der Waals surface area contributed by atoms with Gasteiger partial charge in [0.05, 0.1) is 4.90 Å². The summed E-state index contributed by atoms with van der Waals surface area (Å²) in [5, 5.41) is 8.76. The molecule has 1 aliphatic heterocycles. The number of aromatic carboxylic acids is 1. The van der Waals surface area contributed by atoms with Gasteiger partial charge in [-0.15, -0.1) is 11.8 Å². The van der Waals surface area contributed by atoms with Gasteiger partial charge in [-0.2, -0.15) is 0 Å². The SMILES string of the molecule is CN1CCSc2cc(C(=O)O)[nH]c21. The normalized spacial score (nSPS) is 15.6. The summed E-state index contributed by atoms with van der Waals surface area (Å²) in [6.07, 6.45) is 0. The zero-order chi connectivity index (χ0) is 9.42. The van der Waals surface area contributed by atoms with Crippen molar-refractivity contribution in [3.05, 3.63) is 11.8 Å². The van der Waals surface area contributed by atoms with Gasteiger partial charge < -0.3 is 15.0 Å². The molecular weight excluding hydrogens is 188 g/mol. The first kappa shape index (κ1) is 8.50. The largest absolute Gasteiger partial charge is 0.477 e. The predicted molar refractivity (Wildman–Crippen MR) is 51.7 cm³/mol. The van der Waals surface area contributed by atoms with E-state index >= 15 is 0 Å². The molecule has 0 unspecified atom stereocenters. The summed E-state index contributed by atoms with van der Waals surface area (Å²) in [7, 11) is 1.96. The number of nitrogens with one attached hydrogen (secondary N) is 1. The van der Waals surface area contributed by atoms with E-state index in [-0.39, 0.29) is 5.69 Å². The number of anilines is 1. The van der Waals surface area contributed by atoms with E-state index in [1.807, 2.05) is 11.9 Å². The molecule has 0 aliphatic carbocycles. The Kier molecular flexibility index (Phi) is 1.95. The van der Waals surface area contributed by atoms with E-state index in [4.69, 9.17) is 5.11 Å². The Morgan fingerprint density at radius 1 is 1.77 bits per heavy atom. The molecule has 2 heterocycles. The molecule has 0 fully saturated rings. The van der Waals surface area contributed by atoms with Crippen molar-refractivity contribution in [3.8, 4) is 0 Å². The molecule has 2 rings (SSSR count). The summed E-state index contributed by atoms with van der Waals surface area (Å²) in [4.78, 5) is 16.6. The lowest BCUT2D eigenvalue weighted by atomic mass is 10.4. The van der Waals surface area contributed by atoms with Gasteiger partial charge in [0.15, 0.2) is 0 Å². The van der Waals surface area contributed by atoms with Gasteiger partial charge in [0.1, 0.15) is 11.5 Å². The summed E-state index contributed by atoms with van der Waals surface area (Å²) in [6, 6.07) is 1.69. The van der Waals surface area contributed by atoms with E-state index in [0.29, 0.717) is 0 Å². The fraction of sp³-hybridized carbons (Fsp3) is 0.375. The lowest BCUT2D eigenvalue weighted by Gasteiger charge is -2.23. The summed E-state index contributed by atoms with van der Waals surface area (Å²) in [6.45, 7) is 0.956. The van der Waals surface area contributed by atoms with Gasteiger partial charge in [-0.05, 0) is 6.07 Å². The Labute approximate surface area is 79.9 Å². The van der Waals surface area contributed by atoms with Crippen LogP contribution in [0.1, 0.15) is 10.5 Å². The van der Waals surface area contributed by atoms with Crippen LogP contribution in [0.5, 0.6) is 0 Å². The number of fused-ring (bicyclic) bond motifs is 1. The van der Waals surface area contributed by atoms with Crippen LogP contribution in [-0.2, 0) is 0 Å². The molecule has 1 aromatic heterocycles. The van der Waals surface area contributed by atoms with Crippen molar-refractivity contribution in [3.63, 3.8) is 0 Å². The first-order valence-electron chi connectivity index (χ1n) is 3.98. The standard InChI is InChI=1S/C8H10N2O2S/c1-10-2-3-13-6-4-5(8(11)12)9-7(6)10/h4,9H,2-3H2,1H3,(H,11,12). The van der Waals surface area contributed by atoms with Crippen molar-refractivity contribution in [1.82, 2.24) is 4.98 Å². The Balaban J connectivity index is 2.42. The fourth-order valence-electron chi connectivity index (χ4n) is 1.34. The number of aromatic nitrogens is 1. The van der Waals surface area contributed by atoms with Crippen LogP contribution in [0.3, 0.4) is 0 Å². The average molecular weight is 198 g/mol. The molecule has 0 atom stereocenters. The maximum absolute atomic E-state index is 10.7. The summed E-state index contributed by atoms with van der Waals surface area (Å²) in [5.74, 6) is 1.04. The van der Waals surface area contributed by atoms with Crippen molar-refractivity contribution >= 4 is 23.5 Å². The highest BCUT2D eigenvalue weighted by Gasteiger charge is 2.19. The highest BCUT2D eigenvalue weighted by atomic mass is 32.2. The lowest BCUT2D eigenvalue weighted by molar-refractivity contribution is 0.0691. The number of H-pyrrole nitrogens is 1. The van der Waals surface area contributed by atoms with Crippen LogP contribution >= 0.6 is 11.8 Å². The van der Waals surface area contributed by atoms with E-state index in [1.54, 1.807) is 17.8 Å². The van der Waals surface area contributed by atoms with Crippen LogP contribution in [0.15, 0.2) is 11.0 Å². The zero-order valence-electron chi connectivity index (χ0n) is 7.20. The molecule has 0 saturated carbocycles. The molecule has 0 amide bonds. The molecule has 0 aromatic carbocycles. The van der Waals surface area contributed by atoms with E-state index in [0.717, 1.165) is 23.0 Å². The molecule has 13 heavy (non-hydrogen) atoms. The number of rotatable bonds is 1. The fourth-order valence-corrected chi connectivity index (χ4v) is 2.47. The Bertz CT molecular complexity index is 348. The van der Waals surface area contributed by atoms with Crippen molar-refractivity contribution in [2.24, 2.45) is 0 Å². The summed E-state index contributed by atoms with van der Waals surface area (Å²) in [5.41, 5.74) is 0.270. The predicted octanol–water partition coefficient (Wildman–Crippen LogP) is 1.25. The second-order valence-corrected chi connectivity index (χ2v) is 4.11. The summed E-state index contributed by atoms with van der Waals surface area (Å²) < 4.78 is 0. The van der Waals surface area contributed by atoms with Gasteiger partial charge in [0.2, 0.25) is 0 Å². The van der Waals surface area contributed by atoms with Gasteiger partial charge in [-0.1, -0.05) is 0 Å². The van der Waals surface area contributed by atoms with Gasteiger partial charge in [0.25, 0.3) is 0 Å². The van der Waals surface area contributed by atoms with E-state index in [2.05, 4.69) is 4.98 Å². The number of carboxylic acid groups (broad SMARTS) is 1. The first-order valence-corrected chi connectivity index (χ1v) is 4.97. The number of nitrogens with zero attached hydrogens (tertiary/aromatic N) is 1. The van der Waals surface area contributed by atoms with Gasteiger partial charge in [-0.3, -0.25) is 0 Å². The van der Waals surface area contributed by atoms with Crippen LogP contribution in [0.25, 0.3) is 0 Å². The second-order valence-electron chi connectivity index (χ2n) is 2.97. The van der Waals surface area contributed by atoms with E-state index < -0.39 is 5.97 Å². The number of carboxylic acids is 1. The number of hydrogen-bond acceptors (Lipinski definition) is 3. The van der Waals surface area contributed by atoms with Crippen molar-refractivity contribution in [1.29, 1.82) is 0 Å². The van der Waals surface area contributed by atoms with Crippen molar-refractivity contribution in [2.45, 2.75) is 4.90 Å². The Morgan fingerprint density at radius 3 is 3.15 bits per heavy atom. The molecule has 2 N–H and O–H groups in total. The second kappa shape index (κ2) is 2.99. The third kappa shape index (κ3) is 1.39. The molecule has 70 valence electrons. The van der Waals surface area contributed by atoms with Crippen molar-refractivity contribution in [2.75, 3.05) is 24.2 Å². The molecule has 1 aromatic rings. The topological polar surface area (TPSA) is 56.3 Å². The Hall–Kier alpha value is -1.10. The van der Waals surface area contributed by atoms with Gasteiger partial charge >= 0.3 is 5.97 Å². The third-order valence-corrected chi connectivity index (χ3v) is 3.07. The Morgan fingerprint density at radius 2 is 2.54 bits per heavy atom. The van der Waals surface area contributed by atoms with Crippen LogP contribution in [0.4, 0.5) is 5.82 Å². The summed E-state index contributed by atoms with van der Waals surface area (Å²) >= 11 is 1.69.